The van der Waals surface area contributed by atoms with Gasteiger partial charge in [0, 0.05) is 29.8 Å². The van der Waals surface area contributed by atoms with Crippen LogP contribution in [0.2, 0.25) is 0 Å². The third-order valence-electron chi connectivity index (χ3n) is 4.09. The Bertz CT molecular complexity index is 1010. The number of aromatic nitrogens is 3. The van der Waals surface area contributed by atoms with Crippen molar-refractivity contribution < 1.29 is 4.79 Å². The van der Waals surface area contributed by atoms with Crippen molar-refractivity contribution in [2.45, 2.75) is 39.8 Å². The van der Waals surface area contributed by atoms with E-state index in [4.69, 9.17) is 5.73 Å². The highest BCUT2D eigenvalue weighted by atomic mass is 79.9. The van der Waals surface area contributed by atoms with E-state index in [0.29, 0.717) is 17.4 Å². The summed E-state index contributed by atoms with van der Waals surface area (Å²) >= 11 is 3.25. The van der Waals surface area contributed by atoms with E-state index in [1.165, 1.54) is 26.3 Å². The number of unbranched alkanes of at least 4 members (excludes halogenated alkanes) is 1. The van der Waals surface area contributed by atoms with Crippen LogP contribution in [0.3, 0.4) is 0 Å². The van der Waals surface area contributed by atoms with Gasteiger partial charge in [-0.15, -0.1) is 0 Å². The largest absolute Gasteiger partial charge is 0.383 e. The molecule has 2 rings (SSSR count). The van der Waals surface area contributed by atoms with Gasteiger partial charge in [0.05, 0.1) is 0 Å². The molecule has 0 spiro atoms. The molecule has 27 heavy (non-hydrogen) atoms. The summed E-state index contributed by atoms with van der Waals surface area (Å²) < 4.78 is 3.12. The fourth-order valence-corrected chi connectivity index (χ4v) is 3.07. The number of amides is 1. The molecule has 2 heterocycles. The number of nitrogens with two attached hydrogens (primary N) is 1. The Morgan fingerprint density at radius 1 is 1.26 bits per heavy atom. The minimum Gasteiger partial charge on any atom is -0.383 e. The number of H-pyrrole nitrogens is 1. The molecule has 146 valence electrons. The van der Waals surface area contributed by atoms with Crippen LogP contribution >= 0.6 is 15.9 Å². The molecule has 0 aliphatic carbocycles. The quantitative estimate of drug-likeness (QED) is 0.662. The first-order valence-corrected chi connectivity index (χ1v) is 9.38. The Balaban J connectivity index is 2.46. The summed E-state index contributed by atoms with van der Waals surface area (Å²) in [5.74, 6) is -0.551. The average molecular weight is 440 g/mol. The van der Waals surface area contributed by atoms with Gasteiger partial charge in [0.25, 0.3) is 11.1 Å². The molecule has 0 atom stereocenters. The topological polar surface area (TPSA) is 123 Å². The third kappa shape index (κ3) is 4.57. The second kappa shape index (κ2) is 8.85. The molecule has 0 fully saturated rings. The minimum atomic E-state index is -0.734. The van der Waals surface area contributed by atoms with Gasteiger partial charge in [-0.3, -0.25) is 23.9 Å². The average Bonchev–Trinajstić information content (AvgIpc) is 2.61. The molecule has 1 amide bonds. The number of nitrogens with zero attached hydrogens (tertiary/aromatic N) is 3. The van der Waals surface area contributed by atoms with E-state index in [1.54, 1.807) is 13.0 Å². The third-order valence-corrected chi connectivity index (χ3v) is 4.56. The van der Waals surface area contributed by atoms with Crippen molar-refractivity contribution >= 4 is 33.3 Å². The van der Waals surface area contributed by atoms with Crippen molar-refractivity contribution in [3.8, 4) is 0 Å². The van der Waals surface area contributed by atoms with Crippen LogP contribution in [0.15, 0.2) is 37.2 Å². The van der Waals surface area contributed by atoms with Gasteiger partial charge in [0.2, 0.25) is 5.91 Å². The highest BCUT2D eigenvalue weighted by molar-refractivity contribution is 9.10. The van der Waals surface area contributed by atoms with Crippen molar-refractivity contribution in [1.82, 2.24) is 14.1 Å². The molecular formula is C17H22BrN5O4. The first-order valence-electron chi connectivity index (χ1n) is 8.59. The smallest absolute Gasteiger partial charge is 0.330 e. The van der Waals surface area contributed by atoms with Gasteiger partial charge in [-0.05, 0) is 35.3 Å². The van der Waals surface area contributed by atoms with Crippen molar-refractivity contribution in [3.05, 3.63) is 54.0 Å². The molecule has 0 radical (unpaired) electrons. The maximum Gasteiger partial charge on any atom is 0.330 e. The zero-order valence-electron chi connectivity index (χ0n) is 15.2. The molecular weight excluding hydrogens is 418 g/mol. The minimum absolute atomic E-state index is 0.0611. The molecule has 0 saturated carbocycles. The fourth-order valence-electron chi connectivity index (χ4n) is 2.69. The predicted molar refractivity (Wildman–Crippen MR) is 107 cm³/mol. The summed E-state index contributed by atoms with van der Waals surface area (Å²) in [5.41, 5.74) is 4.28. The molecule has 2 aromatic heterocycles. The molecule has 2 aromatic rings. The van der Waals surface area contributed by atoms with Gasteiger partial charge in [-0.25, -0.2) is 4.79 Å². The van der Waals surface area contributed by atoms with Gasteiger partial charge in [0.15, 0.2) is 5.69 Å². The van der Waals surface area contributed by atoms with E-state index in [1.807, 2.05) is 6.92 Å². The Kier molecular flexibility index (Phi) is 6.78. The molecule has 0 aliphatic heterocycles. The maximum atomic E-state index is 12.8. The van der Waals surface area contributed by atoms with Crippen LogP contribution in [0.1, 0.15) is 26.7 Å². The molecule has 0 saturated heterocycles. The summed E-state index contributed by atoms with van der Waals surface area (Å²) in [6, 6.07) is 2.91. The lowest BCUT2D eigenvalue weighted by molar-refractivity contribution is -0.119. The molecule has 0 aromatic carbocycles. The normalized spacial score (nSPS) is 10.8. The highest BCUT2D eigenvalue weighted by Gasteiger charge is 2.23. The van der Waals surface area contributed by atoms with E-state index in [2.05, 4.69) is 20.9 Å². The standard InChI is InChI=1S/C17H22BrN5O4/c1-3-5-8-23-15(19)14(16(26)20-17(23)27)22(4-2)13(25)10-21-9-11(18)6-7-12(21)24/h6-7,9H,3-5,8,10,19H2,1-2H3,(H,20,26,27). The number of aromatic amines is 1. The van der Waals surface area contributed by atoms with E-state index in [9.17, 15) is 19.2 Å². The van der Waals surface area contributed by atoms with E-state index in [-0.39, 0.29) is 30.2 Å². The second-order valence-electron chi connectivity index (χ2n) is 5.95. The molecule has 0 bridgehead atoms. The lowest BCUT2D eigenvalue weighted by Crippen LogP contribution is -2.43. The van der Waals surface area contributed by atoms with Crippen LogP contribution in [0, 0.1) is 0 Å². The lowest BCUT2D eigenvalue weighted by Gasteiger charge is -2.23. The zero-order valence-corrected chi connectivity index (χ0v) is 16.8. The first kappa shape index (κ1) is 20.7. The monoisotopic (exact) mass is 439 g/mol. The van der Waals surface area contributed by atoms with Crippen LogP contribution in [-0.4, -0.2) is 26.6 Å². The number of nitrogen functional groups attached to an aromatic ring is 1. The number of halogens is 1. The Labute approximate surface area is 163 Å². The number of pyridine rings is 1. The number of anilines is 2. The van der Waals surface area contributed by atoms with Crippen LogP contribution in [0.5, 0.6) is 0 Å². The number of hydrogen-bond acceptors (Lipinski definition) is 5. The number of carbonyl (C=O) groups is 1. The number of hydrogen-bond donors (Lipinski definition) is 2. The molecule has 0 unspecified atom stereocenters. The molecule has 0 aliphatic rings. The maximum absolute atomic E-state index is 12.8. The van der Waals surface area contributed by atoms with Crippen molar-refractivity contribution in [3.63, 3.8) is 0 Å². The second-order valence-corrected chi connectivity index (χ2v) is 6.87. The summed E-state index contributed by atoms with van der Waals surface area (Å²) in [4.78, 5) is 52.5. The Hall–Kier alpha value is -2.62. The molecule has 3 N–H and O–H groups in total. The zero-order chi connectivity index (χ0) is 20.1. The highest BCUT2D eigenvalue weighted by Crippen LogP contribution is 2.17. The summed E-state index contributed by atoms with van der Waals surface area (Å²) in [7, 11) is 0. The molecule has 10 heteroatoms. The summed E-state index contributed by atoms with van der Waals surface area (Å²) in [6.07, 6.45) is 3.02. The summed E-state index contributed by atoms with van der Waals surface area (Å²) in [5, 5.41) is 0. The number of rotatable bonds is 7. The van der Waals surface area contributed by atoms with Crippen molar-refractivity contribution in [1.29, 1.82) is 0 Å². The number of likely N-dealkylation sites (N-methyl/N-ethyl adjacent to an activating group) is 1. The summed E-state index contributed by atoms with van der Waals surface area (Å²) in [6.45, 7) is 3.87. The van der Waals surface area contributed by atoms with Gasteiger partial charge in [0.1, 0.15) is 12.4 Å². The fraction of sp³-hybridized carbons (Fsp3) is 0.412. The van der Waals surface area contributed by atoms with E-state index < -0.39 is 17.2 Å². The van der Waals surface area contributed by atoms with Gasteiger partial charge < -0.3 is 15.2 Å². The predicted octanol–water partition coefficient (Wildman–Crippen LogP) is 0.896. The van der Waals surface area contributed by atoms with Crippen LogP contribution in [0.4, 0.5) is 11.5 Å². The Morgan fingerprint density at radius 2 is 1.96 bits per heavy atom. The molecule has 9 nitrogen and oxygen atoms in total. The van der Waals surface area contributed by atoms with Gasteiger partial charge in [-0.2, -0.15) is 0 Å². The first-order chi connectivity index (χ1) is 12.8. The van der Waals surface area contributed by atoms with Gasteiger partial charge >= 0.3 is 5.69 Å². The van der Waals surface area contributed by atoms with Crippen molar-refractivity contribution in [2.24, 2.45) is 0 Å². The SMILES string of the molecule is CCCCn1c(N)c(N(CC)C(=O)Cn2cc(Br)ccc2=O)c(=O)[nH]c1=O. The van der Waals surface area contributed by atoms with Crippen LogP contribution in [-0.2, 0) is 17.9 Å². The van der Waals surface area contributed by atoms with Crippen LogP contribution in [0.25, 0.3) is 0 Å². The number of carbonyl (C=O) groups excluding carboxylic acids is 1. The van der Waals surface area contributed by atoms with Gasteiger partial charge in [-0.1, -0.05) is 13.3 Å². The van der Waals surface area contributed by atoms with E-state index in [0.717, 1.165) is 6.42 Å². The van der Waals surface area contributed by atoms with E-state index >= 15 is 0 Å². The van der Waals surface area contributed by atoms with Crippen molar-refractivity contribution in [2.75, 3.05) is 17.2 Å². The lowest BCUT2D eigenvalue weighted by atomic mass is 10.3. The Morgan fingerprint density at radius 3 is 2.59 bits per heavy atom. The number of nitrogens with one attached hydrogen (secondary N) is 1. The van der Waals surface area contributed by atoms with Crippen LogP contribution < -0.4 is 27.4 Å².